The number of rotatable bonds is 7. The minimum absolute atomic E-state index is 0.103. The van der Waals surface area contributed by atoms with E-state index in [1.807, 2.05) is 25.1 Å². The predicted octanol–water partition coefficient (Wildman–Crippen LogP) is 2.73. The van der Waals surface area contributed by atoms with Crippen LogP contribution in [0.15, 0.2) is 52.5 Å². The second-order valence-electron chi connectivity index (χ2n) is 7.16. The zero-order chi connectivity index (χ0) is 22.7. The number of carbonyl (C=O) groups is 1. The van der Waals surface area contributed by atoms with Crippen LogP contribution >= 0.6 is 11.8 Å². The molecule has 0 radical (unpaired) electrons. The average molecular weight is 479 g/mol. The monoisotopic (exact) mass is 478 g/mol. The van der Waals surface area contributed by atoms with Crippen molar-refractivity contribution in [3.63, 3.8) is 0 Å². The number of H-pyrrole nitrogens is 1. The number of sulfonamides is 1. The van der Waals surface area contributed by atoms with Gasteiger partial charge >= 0.3 is 0 Å². The minimum Gasteiger partial charge on any atom is -0.494 e. The van der Waals surface area contributed by atoms with E-state index in [4.69, 9.17) is 4.74 Å². The summed E-state index contributed by atoms with van der Waals surface area (Å²) in [6, 6.07) is 10.9. The van der Waals surface area contributed by atoms with Crippen LogP contribution in [0.5, 0.6) is 5.75 Å². The smallest absolute Gasteiger partial charge is 0.246 e. The maximum Gasteiger partial charge on any atom is 0.246 e. The van der Waals surface area contributed by atoms with Gasteiger partial charge in [-0.15, -0.1) is 0 Å². The summed E-state index contributed by atoms with van der Waals surface area (Å²) in [5.41, 5.74) is 1.62. The van der Waals surface area contributed by atoms with E-state index in [-0.39, 0.29) is 42.7 Å². The molecule has 1 N–H and O–H groups in total. The number of piperazine rings is 1. The Kier molecular flexibility index (Phi) is 6.68. The number of imidazole rings is 1. The number of halogens is 1. The van der Waals surface area contributed by atoms with E-state index in [1.165, 1.54) is 34.3 Å². The summed E-state index contributed by atoms with van der Waals surface area (Å²) in [6.45, 7) is 3.25. The first-order valence-corrected chi connectivity index (χ1v) is 12.6. The molecule has 32 heavy (non-hydrogen) atoms. The highest BCUT2D eigenvalue weighted by atomic mass is 32.2. The maximum absolute atomic E-state index is 14.0. The van der Waals surface area contributed by atoms with E-state index in [0.29, 0.717) is 11.8 Å². The van der Waals surface area contributed by atoms with Crippen molar-refractivity contribution in [2.75, 3.05) is 38.5 Å². The van der Waals surface area contributed by atoms with Crippen molar-refractivity contribution in [3.8, 4) is 5.75 Å². The van der Waals surface area contributed by atoms with Crippen LogP contribution < -0.4 is 4.74 Å². The summed E-state index contributed by atoms with van der Waals surface area (Å²) >= 11 is 1.29. The molecule has 4 rings (SSSR count). The van der Waals surface area contributed by atoms with Crippen molar-refractivity contribution >= 4 is 38.7 Å². The van der Waals surface area contributed by atoms with Crippen molar-refractivity contribution in [1.29, 1.82) is 0 Å². The van der Waals surface area contributed by atoms with Crippen molar-refractivity contribution < 1.29 is 22.3 Å². The lowest BCUT2D eigenvalue weighted by Gasteiger charge is -2.34. The molecule has 0 unspecified atom stereocenters. The van der Waals surface area contributed by atoms with Gasteiger partial charge < -0.3 is 14.6 Å². The Labute approximate surface area is 189 Å². The van der Waals surface area contributed by atoms with Gasteiger partial charge in [0.15, 0.2) is 5.16 Å². The van der Waals surface area contributed by atoms with Crippen LogP contribution in [0.1, 0.15) is 6.92 Å². The molecule has 170 valence electrons. The highest BCUT2D eigenvalue weighted by Gasteiger charge is 2.31. The van der Waals surface area contributed by atoms with Gasteiger partial charge in [-0.2, -0.15) is 4.31 Å². The van der Waals surface area contributed by atoms with Gasteiger partial charge in [0.1, 0.15) is 16.5 Å². The number of hydrogen-bond acceptors (Lipinski definition) is 6. The number of thioether (sulfide) groups is 1. The number of nitrogens with one attached hydrogen (secondary N) is 1. The molecule has 0 aliphatic carbocycles. The lowest BCUT2D eigenvalue weighted by Crippen LogP contribution is -2.51. The third kappa shape index (κ3) is 4.74. The van der Waals surface area contributed by atoms with Gasteiger partial charge in [-0.25, -0.2) is 17.8 Å². The van der Waals surface area contributed by atoms with E-state index in [9.17, 15) is 17.6 Å². The number of hydrogen-bond donors (Lipinski definition) is 1. The Morgan fingerprint density at radius 3 is 2.66 bits per heavy atom. The second-order valence-corrected chi connectivity index (χ2v) is 10.0. The lowest BCUT2D eigenvalue weighted by molar-refractivity contribution is -0.129. The molecule has 2 heterocycles. The van der Waals surface area contributed by atoms with Crippen LogP contribution in [0, 0.1) is 5.82 Å². The van der Waals surface area contributed by atoms with Crippen LogP contribution in [0.25, 0.3) is 11.0 Å². The number of fused-ring (bicyclic) bond motifs is 1. The van der Waals surface area contributed by atoms with Crippen molar-refractivity contribution in [2.24, 2.45) is 0 Å². The van der Waals surface area contributed by atoms with E-state index in [2.05, 4.69) is 9.97 Å². The van der Waals surface area contributed by atoms with Crippen LogP contribution in [-0.4, -0.2) is 72.0 Å². The number of nitrogens with zero attached hydrogens (tertiary/aromatic N) is 3. The summed E-state index contributed by atoms with van der Waals surface area (Å²) in [4.78, 5) is 21.6. The molecule has 0 spiro atoms. The Morgan fingerprint density at radius 1 is 1.19 bits per heavy atom. The van der Waals surface area contributed by atoms with Crippen LogP contribution in [0.2, 0.25) is 0 Å². The molecular weight excluding hydrogens is 455 g/mol. The number of aromatic nitrogens is 2. The fourth-order valence-corrected chi connectivity index (χ4v) is 5.76. The molecule has 11 heteroatoms. The van der Waals surface area contributed by atoms with Crippen molar-refractivity contribution in [2.45, 2.75) is 17.0 Å². The molecule has 1 aromatic heterocycles. The summed E-state index contributed by atoms with van der Waals surface area (Å²) in [7, 11) is -3.93. The summed E-state index contributed by atoms with van der Waals surface area (Å²) in [5, 5.41) is 0.628. The molecule has 1 aliphatic heterocycles. The quantitative estimate of drug-likeness (QED) is 0.525. The van der Waals surface area contributed by atoms with Gasteiger partial charge in [0, 0.05) is 32.2 Å². The summed E-state index contributed by atoms with van der Waals surface area (Å²) in [5.74, 6) is 0.0487. The van der Waals surface area contributed by atoms with Gasteiger partial charge in [-0.1, -0.05) is 23.9 Å². The molecule has 0 bridgehead atoms. The third-order valence-corrected chi connectivity index (χ3v) is 7.91. The molecule has 0 saturated carbocycles. The van der Waals surface area contributed by atoms with Crippen LogP contribution in [0.4, 0.5) is 4.39 Å². The van der Waals surface area contributed by atoms with E-state index >= 15 is 0 Å². The molecule has 1 amide bonds. The van der Waals surface area contributed by atoms with Gasteiger partial charge in [-0.3, -0.25) is 4.79 Å². The first kappa shape index (κ1) is 22.6. The normalized spacial score (nSPS) is 15.2. The molecule has 8 nitrogen and oxygen atoms in total. The SMILES string of the molecule is CCOc1ccc2nc(SCC(=O)N3CCN(S(=O)(=O)c4ccccc4F)CC3)[nH]c2c1. The molecule has 1 aliphatic rings. The van der Waals surface area contributed by atoms with E-state index < -0.39 is 15.8 Å². The number of carbonyl (C=O) groups excluding carboxylic acids is 1. The maximum atomic E-state index is 14.0. The number of aromatic amines is 1. The van der Waals surface area contributed by atoms with Gasteiger partial charge in [0.2, 0.25) is 15.9 Å². The molecule has 2 aromatic carbocycles. The Bertz CT molecular complexity index is 1220. The molecule has 3 aromatic rings. The second kappa shape index (κ2) is 9.47. The number of benzene rings is 2. The first-order valence-electron chi connectivity index (χ1n) is 10.2. The number of amides is 1. The topological polar surface area (TPSA) is 95.6 Å². The van der Waals surface area contributed by atoms with E-state index in [0.717, 1.165) is 22.8 Å². The van der Waals surface area contributed by atoms with Crippen molar-refractivity contribution in [3.05, 3.63) is 48.3 Å². The Morgan fingerprint density at radius 2 is 1.94 bits per heavy atom. The largest absolute Gasteiger partial charge is 0.494 e. The molecular formula is C21H23FN4O4S2. The number of ether oxygens (including phenoxy) is 1. The Balaban J connectivity index is 1.33. The summed E-state index contributed by atoms with van der Waals surface area (Å²) in [6.07, 6.45) is 0. The summed E-state index contributed by atoms with van der Waals surface area (Å²) < 4.78 is 46.1. The fraction of sp³-hybridized carbons (Fsp3) is 0.333. The molecule has 1 saturated heterocycles. The van der Waals surface area contributed by atoms with Crippen molar-refractivity contribution in [1.82, 2.24) is 19.2 Å². The zero-order valence-electron chi connectivity index (χ0n) is 17.5. The van der Waals surface area contributed by atoms with Gasteiger partial charge in [-0.05, 0) is 31.2 Å². The highest BCUT2D eigenvalue weighted by Crippen LogP contribution is 2.24. The third-order valence-electron chi connectivity index (χ3n) is 5.12. The van der Waals surface area contributed by atoms with Gasteiger partial charge in [0.25, 0.3) is 0 Å². The minimum atomic E-state index is -3.93. The molecule has 0 atom stereocenters. The standard InChI is InChI=1S/C21H23FN4O4S2/c1-2-30-15-7-8-17-18(13-15)24-21(23-17)31-14-20(27)25-9-11-26(12-10-25)32(28,29)19-6-4-3-5-16(19)22/h3-8,13H,2,9-12,14H2,1H3,(H,23,24). The lowest BCUT2D eigenvalue weighted by atomic mass is 10.3. The van der Waals surface area contributed by atoms with Gasteiger partial charge in [0.05, 0.1) is 23.4 Å². The highest BCUT2D eigenvalue weighted by molar-refractivity contribution is 7.99. The zero-order valence-corrected chi connectivity index (χ0v) is 19.1. The predicted molar refractivity (Wildman–Crippen MR) is 120 cm³/mol. The fourth-order valence-electron chi connectivity index (χ4n) is 3.48. The first-order chi connectivity index (χ1) is 15.4. The Hall–Kier alpha value is -2.63. The van der Waals surface area contributed by atoms with Crippen LogP contribution in [0.3, 0.4) is 0 Å². The average Bonchev–Trinajstić information content (AvgIpc) is 3.20. The van der Waals surface area contributed by atoms with E-state index in [1.54, 1.807) is 4.90 Å². The molecule has 1 fully saturated rings. The van der Waals surface area contributed by atoms with Crippen LogP contribution in [-0.2, 0) is 14.8 Å².